The third-order valence-corrected chi connectivity index (χ3v) is 4.27. The van der Waals surface area contributed by atoms with Gasteiger partial charge in [-0.2, -0.15) is 0 Å². The van der Waals surface area contributed by atoms with E-state index in [2.05, 4.69) is 17.4 Å². The zero-order valence-electron chi connectivity index (χ0n) is 14.9. The van der Waals surface area contributed by atoms with E-state index in [0.29, 0.717) is 22.1 Å². The van der Waals surface area contributed by atoms with Crippen LogP contribution in [0.4, 0.5) is 0 Å². The number of carbonyl (C=O) groups is 2. The topological polar surface area (TPSA) is 73.9 Å². The maximum absolute atomic E-state index is 12.6. The Morgan fingerprint density at radius 1 is 1.11 bits per heavy atom. The predicted molar refractivity (Wildman–Crippen MR) is 101 cm³/mol. The van der Waals surface area contributed by atoms with Crippen LogP contribution in [0, 0.1) is 12.1 Å². The lowest BCUT2D eigenvalue weighted by Crippen LogP contribution is -2.43. The van der Waals surface area contributed by atoms with Gasteiger partial charge in [0, 0.05) is 23.1 Å². The first kappa shape index (κ1) is 20.7. The van der Waals surface area contributed by atoms with Crippen LogP contribution in [0.1, 0.15) is 15.9 Å². The molecular formula is C19H17Cl2NO5. The van der Waals surface area contributed by atoms with Crippen LogP contribution in [0.25, 0.3) is 0 Å². The van der Waals surface area contributed by atoms with Crippen molar-refractivity contribution >= 4 is 35.1 Å². The number of methoxy groups -OCH3 is 3. The highest BCUT2D eigenvalue weighted by Gasteiger charge is 2.25. The Balaban J connectivity index is 2.27. The third-order valence-electron chi connectivity index (χ3n) is 3.71. The number of amides is 1. The summed E-state index contributed by atoms with van der Waals surface area (Å²) in [5.74, 6) is -0.323. The van der Waals surface area contributed by atoms with E-state index in [1.165, 1.54) is 33.5 Å². The Hall–Kier alpha value is -2.62. The average molecular weight is 410 g/mol. The minimum Gasteiger partial charge on any atom is -0.496 e. The summed E-state index contributed by atoms with van der Waals surface area (Å²) < 4.78 is 15.2. The molecule has 0 fully saturated rings. The van der Waals surface area contributed by atoms with Crippen LogP contribution in [-0.4, -0.2) is 39.2 Å². The minimum absolute atomic E-state index is 0.0697. The smallest absolute Gasteiger partial charge is 0.328 e. The number of benzene rings is 1. The largest absolute Gasteiger partial charge is 0.496 e. The van der Waals surface area contributed by atoms with Crippen LogP contribution in [0.3, 0.4) is 0 Å². The molecular weight excluding hydrogens is 393 g/mol. The molecule has 6 nitrogen and oxygen atoms in total. The minimum atomic E-state index is -0.996. The highest BCUT2D eigenvalue weighted by Crippen LogP contribution is 2.24. The molecule has 8 heteroatoms. The lowest BCUT2D eigenvalue weighted by atomic mass is 10.1. The normalized spacial score (nSPS) is 11.1. The van der Waals surface area contributed by atoms with Gasteiger partial charge < -0.3 is 19.5 Å². The lowest BCUT2D eigenvalue weighted by molar-refractivity contribution is -0.142. The summed E-state index contributed by atoms with van der Waals surface area (Å²) in [6.45, 7) is 0. The SMILES string of the molecule is COC(=O)C(Cc1c#cc(OC)cc1OC)NC(=O)c1cc(Cl)ccc1Cl. The zero-order valence-corrected chi connectivity index (χ0v) is 16.4. The quantitative estimate of drug-likeness (QED) is 0.711. The number of hydrogen-bond donors (Lipinski definition) is 1. The van der Waals surface area contributed by atoms with Gasteiger partial charge in [0.05, 0.1) is 31.9 Å². The van der Waals surface area contributed by atoms with Crippen molar-refractivity contribution in [2.45, 2.75) is 12.5 Å². The first-order valence-corrected chi connectivity index (χ1v) is 8.53. The second-order valence-corrected chi connectivity index (χ2v) is 6.23. The van der Waals surface area contributed by atoms with Crippen LogP contribution >= 0.6 is 23.2 Å². The Morgan fingerprint density at radius 2 is 1.85 bits per heavy atom. The van der Waals surface area contributed by atoms with E-state index >= 15 is 0 Å². The van der Waals surface area contributed by atoms with Crippen molar-refractivity contribution in [1.29, 1.82) is 0 Å². The first-order chi connectivity index (χ1) is 12.9. The number of carbonyl (C=O) groups excluding carboxylic acids is 2. The van der Waals surface area contributed by atoms with Crippen molar-refractivity contribution < 1.29 is 23.8 Å². The Bertz CT molecular complexity index is 841. The van der Waals surface area contributed by atoms with Gasteiger partial charge in [0.1, 0.15) is 11.8 Å². The molecule has 0 bridgehead atoms. The second kappa shape index (κ2) is 9.36. The van der Waals surface area contributed by atoms with Gasteiger partial charge in [-0.3, -0.25) is 4.79 Å². The molecule has 0 aliphatic carbocycles. The van der Waals surface area contributed by atoms with E-state index in [-0.39, 0.29) is 17.0 Å². The molecule has 0 spiro atoms. The summed E-state index contributed by atoms with van der Waals surface area (Å²) in [6, 6.07) is 10.8. The Labute approximate surface area is 167 Å². The van der Waals surface area contributed by atoms with Gasteiger partial charge >= 0.3 is 5.97 Å². The van der Waals surface area contributed by atoms with Gasteiger partial charge in [-0.05, 0) is 24.3 Å². The average Bonchev–Trinajstić information content (AvgIpc) is 2.68. The highest BCUT2D eigenvalue weighted by atomic mass is 35.5. The molecule has 2 rings (SSSR count). The molecule has 1 amide bonds. The molecule has 1 N–H and O–H groups in total. The first-order valence-electron chi connectivity index (χ1n) is 7.78. The number of rotatable bonds is 7. The number of esters is 1. The van der Waals surface area contributed by atoms with Crippen LogP contribution in [0.5, 0.6) is 11.5 Å². The van der Waals surface area contributed by atoms with E-state index in [1.54, 1.807) is 12.1 Å². The zero-order chi connectivity index (χ0) is 20.0. The third kappa shape index (κ3) is 5.19. The maximum Gasteiger partial charge on any atom is 0.328 e. The number of nitrogens with one attached hydrogen (secondary N) is 1. The molecule has 0 heterocycles. The summed E-state index contributed by atoms with van der Waals surface area (Å²) in [4.78, 5) is 24.7. The molecule has 0 saturated carbocycles. The van der Waals surface area contributed by atoms with Crippen molar-refractivity contribution in [3.8, 4) is 11.5 Å². The summed E-state index contributed by atoms with van der Waals surface area (Å²) in [7, 11) is 4.20. The van der Waals surface area contributed by atoms with Crippen molar-refractivity contribution in [2.75, 3.05) is 21.3 Å². The van der Waals surface area contributed by atoms with E-state index in [1.807, 2.05) is 0 Å². The van der Waals surface area contributed by atoms with Gasteiger partial charge in [-0.25, -0.2) is 4.79 Å². The van der Waals surface area contributed by atoms with Crippen LogP contribution in [0.2, 0.25) is 10.0 Å². The molecule has 27 heavy (non-hydrogen) atoms. The molecule has 0 aliphatic heterocycles. The number of hydrogen-bond acceptors (Lipinski definition) is 5. The second-order valence-electron chi connectivity index (χ2n) is 5.39. The van der Waals surface area contributed by atoms with Crippen LogP contribution in [-0.2, 0) is 16.0 Å². The number of halogens is 2. The van der Waals surface area contributed by atoms with E-state index in [9.17, 15) is 9.59 Å². The molecule has 0 saturated heterocycles. The fourth-order valence-corrected chi connectivity index (χ4v) is 2.71. The van der Waals surface area contributed by atoms with E-state index in [0.717, 1.165) is 0 Å². The molecule has 2 aromatic rings. The lowest BCUT2D eigenvalue weighted by Gasteiger charge is -2.17. The molecule has 142 valence electrons. The molecule has 0 radical (unpaired) electrons. The van der Waals surface area contributed by atoms with Gasteiger partial charge in [0.2, 0.25) is 0 Å². The van der Waals surface area contributed by atoms with Crippen molar-refractivity contribution in [2.24, 2.45) is 0 Å². The predicted octanol–water partition coefficient (Wildman–Crippen LogP) is 3.13. The Morgan fingerprint density at radius 3 is 2.48 bits per heavy atom. The van der Waals surface area contributed by atoms with Gasteiger partial charge in [0.25, 0.3) is 5.91 Å². The van der Waals surface area contributed by atoms with Gasteiger partial charge in [-0.15, -0.1) is 0 Å². The highest BCUT2D eigenvalue weighted by molar-refractivity contribution is 6.35. The van der Waals surface area contributed by atoms with Crippen LogP contribution < -0.4 is 14.8 Å². The van der Waals surface area contributed by atoms with Gasteiger partial charge in [-0.1, -0.05) is 29.3 Å². The summed E-state index contributed by atoms with van der Waals surface area (Å²) in [6.07, 6.45) is 0.0697. The monoisotopic (exact) mass is 409 g/mol. The summed E-state index contributed by atoms with van der Waals surface area (Å²) >= 11 is 12.0. The molecule has 2 aromatic carbocycles. The standard InChI is InChI=1S/C19H17Cl2NO5/c1-25-13-6-4-11(17(10-13)26-2)8-16(19(24)27-3)22-18(23)14-9-12(20)5-7-15(14)21/h5,7,9-10,16H,8H2,1-3H3,(H,22,23). The van der Waals surface area contributed by atoms with Crippen LogP contribution in [0.15, 0.2) is 24.3 Å². The molecule has 0 aromatic heterocycles. The maximum atomic E-state index is 12.6. The number of ether oxygens (including phenoxy) is 3. The fraction of sp³-hybridized carbons (Fsp3) is 0.263. The van der Waals surface area contributed by atoms with Gasteiger partial charge in [0.15, 0.2) is 5.75 Å². The molecule has 1 atom stereocenters. The Kier molecular flexibility index (Phi) is 7.17. The summed E-state index contributed by atoms with van der Waals surface area (Å²) in [5.41, 5.74) is 0.668. The van der Waals surface area contributed by atoms with Crippen molar-refractivity contribution in [3.05, 3.63) is 57.6 Å². The fourth-order valence-electron chi connectivity index (χ4n) is 2.33. The molecule has 1 unspecified atom stereocenters. The van der Waals surface area contributed by atoms with Crippen molar-refractivity contribution in [1.82, 2.24) is 5.32 Å². The van der Waals surface area contributed by atoms with E-state index < -0.39 is 17.9 Å². The molecule has 0 aliphatic rings. The van der Waals surface area contributed by atoms with E-state index in [4.69, 9.17) is 37.4 Å². The van der Waals surface area contributed by atoms with Crippen molar-refractivity contribution in [3.63, 3.8) is 0 Å². The summed E-state index contributed by atoms with van der Waals surface area (Å²) in [5, 5.41) is 3.16.